The van der Waals surface area contributed by atoms with Gasteiger partial charge in [0.25, 0.3) is 5.69 Å². The molecule has 0 bridgehead atoms. The van der Waals surface area contributed by atoms with Crippen molar-refractivity contribution in [3.05, 3.63) is 34.4 Å². The average molecular weight is 467 g/mol. The summed E-state index contributed by atoms with van der Waals surface area (Å²) in [5.41, 5.74) is 5.25. The quantitative estimate of drug-likeness (QED) is 0.182. The number of anilines is 1. The highest BCUT2D eigenvalue weighted by Gasteiger charge is 2.26. The average Bonchev–Trinajstić information content (AvgIpc) is 2.70. The van der Waals surface area contributed by atoms with Gasteiger partial charge in [-0.2, -0.15) is 0 Å². The van der Waals surface area contributed by atoms with Gasteiger partial charge < -0.3 is 33.2 Å². The zero-order chi connectivity index (χ0) is 24.4. The Kier molecular flexibility index (Phi) is 11.7. The number of nitro groups is 1. The number of nitrogens with one attached hydrogen (secondary N) is 4. The summed E-state index contributed by atoms with van der Waals surface area (Å²) in [7, 11) is 0. The summed E-state index contributed by atoms with van der Waals surface area (Å²) in [6, 6.07) is 1.95. The van der Waals surface area contributed by atoms with Crippen molar-refractivity contribution in [2.75, 3.05) is 5.32 Å². The Morgan fingerprint density at radius 1 is 0.939 bits per heavy atom. The molecule has 0 spiro atoms. The van der Waals surface area contributed by atoms with Crippen LogP contribution < -0.4 is 33.2 Å². The molecule has 1 aromatic carbocycles. The van der Waals surface area contributed by atoms with Crippen molar-refractivity contribution in [3.8, 4) is 0 Å². The SMILES string of the molecule is CC(=O)NC(C)C(=O)NC(CCC(N)=O)C(=O)NC(C)C(=O)Nc1ccc([N+](=O)[O-])cc1.N. The third-order valence-electron chi connectivity index (χ3n) is 4.22. The van der Waals surface area contributed by atoms with Gasteiger partial charge >= 0.3 is 0 Å². The van der Waals surface area contributed by atoms with E-state index in [-0.39, 0.29) is 30.4 Å². The number of nitrogens with zero attached hydrogens (tertiary/aromatic N) is 1. The number of amides is 5. The van der Waals surface area contributed by atoms with Crippen LogP contribution in [0.15, 0.2) is 24.3 Å². The number of non-ortho nitro benzene ring substituents is 1. The van der Waals surface area contributed by atoms with Gasteiger partial charge in [-0.05, 0) is 32.4 Å². The third kappa shape index (κ3) is 10.2. The molecule has 14 heteroatoms. The Labute approximate surface area is 189 Å². The predicted octanol–water partition coefficient (Wildman–Crippen LogP) is -0.525. The molecule has 1 rings (SSSR count). The van der Waals surface area contributed by atoms with Crippen LogP contribution in [0.5, 0.6) is 0 Å². The van der Waals surface area contributed by atoms with Gasteiger partial charge in [0, 0.05) is 31.2 Å². The number of rotatable bonds is 11. The van der Waals surface area contributed by atoms with Crippen LogP contribution in [0.1, 0.15) is 33.6 Å². The molecule has 3 unspecified atom stereocenters. The van der Waals surface area contributed by atoms with Gasteiger partial charge in [0.05, 0.1) is 4.92 Å². The largest absolute Gasteiger partial charge is 0.370 e. The van der Waals surface area contributed by atoms with Gasteiger partial charge in [0.1, 0.15) is 18.1 Å². The molecule has 5 amide bonds. The molecule has 182 valence electrons. The van der Waals surface area contributed by atoms with E-state index < -0.39 is 52.6 Å². The molecule has 9 N–H and O–H groups in total. The second-order valence-electron chi connectivity index (χ2n) is 7.01. The molecule has 0 aliphatic heterocycles. The number of primary amides is 1. The van der Waals surface area contributed by atoms with Crippen LogP contribution in [0.4, 0.5) is 11.4 Å². The highest BCUT2D eigenvalue weighted by molar-refractivity contribution is 5.98. The minimum Gasteiger partial charge on any atom is -0.370 e. The monoisotopic (exact) mass is 467 g/mol. The van der Waals surface area contributed by atoms with E-state index in [2.05, 4.69) is 21.3 Å². The number of carbonyl (C=O) groups excluding carboxylic acids is 5. The van der Waals surface area contributed by atoms with Crippen molar-refractivity contribution in [1.82, 2.24) is 22.1 Å². The lowest BCUT2D eigenvalue weighted by Crippen LogP contribution is -2.55. The third-order valence-corrected chi connectivity index (χ3v) is 4.22. The van der Waals surface area contributed by atoms with Gasteiger partial charge in [0.15, 0.2) is 0 Å². The first kappa shape index (κ1) is 28.9. The van der Waals surface area contributed by atoms with Crippen molar-refractivity contribution >= 4 is 40.9 Å². The maximum absolute atomic E-state index is 12.6. The Morgan fingerprint density at radius 3 is 1.97 bits per heavy atom. The molecule has 0 aliphatic carbocycles. The van der Waals surface area contributed by atoms with Crippen LogP contribution in [0.2, 0.25) is 0 Å². The van der Waals surface area contributed by atoms with Crippen molar-refractivity contribution < 1.29 is 28.9 Å². The number of carbonyl (C=O) groups is 5. The van der Waals surface area contributed by atoms with Crippen LogP contribution in [-0.2, 0) is 24.0 Å². The molecule has 0 fully saturated rings. The summed E-state index contributed by atoms with van der Waals surface area (Å²) in [5.74, 6) is -3.13. The van der Waals surface area contributed by atoms with Gasteiger partial charge in [-0.1, -0.05) is 0 Å². The Hall–Kier alpha value is -4.07. The fourth-order valence-electron chi connectivity index (χ4n) is 2.52. The summed E-state index contributed by atoms with van der Waals surface area (Å²) in [6.45, 7) is 4.04. The molecule has 0 heterocycles. The fourth-order valence-corrected chi connectivity index (χ4v) is 2.52. The number of hydrogen-bond acceptors (Lipinski definition) is 8. The van der Waals surface area contributed by atoms with Gasteiger partial charge in [-0.15, -0.1) is 0 Å². The van der Waals surface area contributed by atoms with Gasteiger partial charge in [0.2, 0.25) is 29.5 Å². The van der Waals surface area contributed by atoms with Crippen LogP contribution in [0, 0.1) is 10.1 Å². The van der Waals surface area contributed by atoms with Crippen molar-refractivity contribution in [1.29, 1.82) is 0 Å². The van der Waals surface area contributed by atoms with Crippen molar-refractivity contribution in [2.24, 2.45) is 5.73 Å². The summed E-state index contributed by atoms with van der Waals surface area (Å²) in [5, 5.41) is 20.4. The van der Waals surface area contributed by atoms with E-state index in [0.29, 0.717) is 0 Å². The zero-order valence-corrected chi connectivity index (χ0v) is 18.5. The summed E-state index contributed by atoms with van der Waals surface area (Å²) < 4.78 is 0. The first-order valence-corrected chi connectivity index (χ1v) is 9.62. The molecule has 14 nitrogen and oxygen atoms in total. The smallest absolute Gasteiger partial charge is 0.269 e. The van der Waals surface area contributed by atoms with Crippen LogP contribution >= 0.6 is 0 Å². The second-order valence-corrected chi connectivity index (χ2v) is 7.01. The standard InChI is InChI=1S/C19H26N6O7.H3N/c1-10(21-12(3)26)18(29)24-15(8-9-16(20)27)19(30)22-11(2)17(28)23-13-4-6-14(7-5-13)25(31)32;/h4-7,10-11,15H,8-9H2,1-3H3,(H2,20,27)(H,21,26)(H,22,30)(H,23,28)(H,24,29);1H3. The van der Waals surface area contributed by atoms with Crippen LogP contribution in [0.25, 0.3) is 0 Å². The molecule has 0 radical (unpaired) electrons. The van der Waals surface area contributed by atoms with Crippen LogP contribution in [-0.4, -0.2) is 52.6 Å². The summed E-state index contributed by atoms with van der Waals surface area (Å²) in [4.78, 5) is 69.5. The van der Waals surface area contributed by atoms with Gasteiger partial charge in [-0.3, -0.25) is 34.1 Å². The summed E-state index contributed by atoms with van der Waals surface area (Å²) in [6.07, 6.45) is -0.313. The normalized spacial score (nSPS) is 12.7. The number of nitrogens with two attached hydrogens (primary N) is 1. The Morgan fingerprint density at radius 2 is 1.48 bits per heavy atom. The molecular formula is C19H29N7O7. The number of nitro benzene ring substituents is 1. The van der Waals surface area contributed by atoms with Crippen molar-refractivity contribution in [3.63, 3.8) is 0 Å². The zero-order valence-electron chi connectivity index (χ0n) is 18.5. The maximum Gasteiger partial charge on any atom is 0.269 e. The van der Waals surface area contributed by atoms with E-state index in [1.54, 1.807) is 0 Å². The highest BCUT2D eigenvalue weighted by Crippen LogP contribution is 2.15. The molecule has 0 aliphatic rings. The first-order chi connectivity index (χ1) is 14.9. The molecule has 0 saturated heterocycles. The van der Waals surface area contributed by atoms with E-state index in [1.807, 2.05) is 0 Å². The number of benzene rings is 1. The Bertz CT molecular complexity index is 889. The fraction of sp³-hybridized carbons (Fsp3) is 0.421. The minimum atomic E-state index is -1.18. The van der Waals surface area contributed by atoms with E-state index in [1.165, 1.54) is 45.0 Å². The molecule has 0 saturated carbocycles. The Balaban J connectivity index is 0.0000102. The molecule has 1 aromatic rings. The van der Waals surface area contributed by atoms with Crippen molar-refractivity contribution in [2.45, 2.75) is 51.7 Å². The lowest BCUT2D eigenvalue weighted by Gasteiger charge is -2.22. The lowest BCUT2D eigenvalue weighted by atomic mass is 10.1. The second kappa shape index (κ2) is 13.4. The molecule has 33 heavy (non-hydrogen) atoms. The topological polar surface area (TPSA) is 238 Å². The van der Waals surface area contributed by atoms with E-state index >= 15 is 0 Å². The summed E-state index contributed by atoms with van der Waals surface area (Å²) >= 11 is 0. The van der Waals surface area contributed by atoms with E-state index in [9.17, 15) is 34.1 Å². The molecular weight excluding hydrogens is 438 g/mol. The maximum atomic E-state index is 12.6. The van der Waals surface area contributed by atoms with Crippen LogP contribution in [0.3, 0.4) is 0 Å². The minimum absolute atomic E-state index is 0. The first-order valence-electron chi connectivity index (χ1n) is 9.62. The highest BCUT2D eigenvalue weighted by atomic mass is 16.6. The molecule has 3 atom stereocenters. The van der Waals surface area contributed by atoms with Gasteiger partial charge in [-0.25, -0.2) is 0 Å². The predicted molar refractivity (Wildman–Crippen MR) is 118 cm³/mol. The van der Waals surface area contributed by atoms with E-state index in [4.69, 9.17) is 5.73 Å². The molecule has 0 aromatic heterocycles. The van der Waals surface area contributed by atoms with E-state index in [0.717, 1.165) is 0 Å². The lowest BCUT2D eigenvalue weighted by molar-refractivity contribution is -0.384. The number of hydrogen-bond donors (Lipinski definition) is 6.